The number of aromatic nitrogens is 4. The smallest absolute Gasteiger partial charge is 0.350 e. The Bertz CT molecular complexity index is 1560. The van der Waals surface area contributed by atoms with Crippen LogP contribution in [0.25, 0.3) is 16.9 Å². The zero-order chi connectivity index (χ0) is 26.3. The van der Waals surface area contributed by atoms with Crippen LogP contribution in [0.4, 0.5) is 5.69 Å². The monoisotopic (exact) mass is 500 g/mol. The van der Waals surface area contributed by atoms with Crippen molar-refractivity contribution in [3.8, 4) is 16.9 Å². The molecule has 0 bridgehead atoms. The van der Waals surface area contributed by atoms with Crippen molar-refractivity contribution in [1.82, 2.24) is 18.9 Å². The van der Waals surface area contributed by atoms with Crippen molar-refractivity contribution in [1.29, 1.82) is 0 Å². The second-order valence-electron chi connectivity index (χ2n) is 8.96. The number of primary amides is 1. The van der Waals surface area contributed by atoms with Gasteiger partial charge in [0, 0.05) is 30.5 Å². The number of rotatable bonds is 6. The van der Waals surface area contributed by atoms with Crippen LogP contribution in [0.3, 0.4) is 0 Å². The Morgan fingerprint density at radius 1 is 1.16 bits per heavy atom. The van der Waals surface area contributed by atoms with Crippen LogP contribution in [0.15, 0.2) is 59.4 Å². The molecule has 0 radical (unpaired) electrons. The van der Waals surface area contributed by atoms with Gasteiger partial charge in [-0.25, -0.2) is 14.0 Å². The standard InChI is InChI=1S/C27H28N6O4/c1-4-32-22(17-8-10-21(11-9-17)33-16(2)30-31(3)27(33)36)15-18-12-13-37-24(23(18)32)26(35)29-20-7-5-6-19(14-20)25(28)34/h5-11,14-15,24H,4,12-13H2,1-3H3,(H2,28,34)(H,29,35). The molecule has 10 nitrogen and oxygen atoms in total. The van der Waals surface area contributed by atoms with Crippen LogP contribution in [0, 0.1) is 6.92 Å². The zero-order valence-electron chi connectivity index (χ0n) is 20.9. The highest BCUT2D eigenvalue weighted by molar-refractivity contribution is 5.98. The molecule has 2 amide bonds. The average Bonchev–Trinajstić information content (AvgIpc) is 3.39. The molecule has 3 N–H and O–H groups in total. The Morgan fingerprint density at radius 2 is 1.92 bits per heavy atom. The third kappa shape index (κ3) is 4.36. The molecule has 1 aliphatic rings. The van der Waals surface area contributed by atoms with Crippen LogP contribution < -0.4 is 16.7 Å². The lowest BCUT2D eigenvalue weighted by Crippen LogP contribution is -2.30. The van der Waals surface area contributed by atoms with E-state index in [2.05, 4.69) is 21.0 Å². The van der Waals surface area contributed by atoms with E-state index in [0.717, 1.165) is 28.2 Å². The van der Waals surface area contributed by atoms with Crippen molar-refractivity contribution < 1.29 is 14.3 Å². The molecule has 1 atom stereocenters. The van der Waals surface area contributed by atoms with E-state index in [1.807, 2.05) is 31.2 Å². The first-order chi connectivity index (χ1) is 17.8. The summed E-state index contributed by atoms with van der Waals surface area (Å²) in [6, 6.07) is 16.3. The predicted octanol–water partition coefficient (Wildman–Crippen LogP) is 2.72. The lowest BCUT2D eigenvalue weighted by molar-refractivity contribution is -0.129. The fraction of sp³-hybridized carbons (Fsp3) is 0.259. The van der Waals surface area contributed by atoms with E-state index < -0.39 is 12.0 Å². The van der Waals surface area contributed by atoms with E-state index in [1.54, 1.807) is 42.8 Å². The highest BCUT2D eigenvalue weighted by Gasteiger charge is 2.32. The molecule has 2 aromatic carbocycles. The average molecular weight is 501 g/mol. The molecule has 3 heterocycles. The maximum absolute atomic E-state index is 13.3. The number of hydrogen-bond donors (Lipinski definition) is 2. The lowest BCUT2D eigenvalue weighted by Gasteiger charge is -2.25. The molecule has 0 saturated carbocycles. The van der Waals surface area contributed by atoms with Crippen LogP contribution in [-0.2, 0) is 29.5 Å². The zero-order valence-corrected chi connectivity index (χ0v) is 20.9. The van der Waals surface area contributed by atoms with E-state index in [9.17, 15) is 14.4 Å². The summed E-state index contributed by atoms with van der Waals surface area (Å²) in [4.78, 5) is 37.3. The van der Waals surface area contributed by atoms with Gasteiger partial charge in [0.2, 0.25) is 5.91 Å². The van der Waals surface area contributed by atoms with Gasteiger partial charge in [0.25, 0.3) is 5.91 Å². The van der Waals surface area contributed by atoms with Gasteiger partial charge >= 0.3 is 5.69 Å². The Labute approximate surface area is 213 Å². The predicted molar refractivity (Wildman–Crippen MR) is 139 cm³/mol. The number of hydrogen-bond acceptors (Lipinski definition) is 5. The maximum Gasteiger partial charge on any atom is 0.350 e. The fourth-order valence-corrected chi connectivity index (χ4v) is 4.90. The van der Waals surface area contributed by atoms with Crippen molar-refractivity contribution in [3.63, 3.8) is 0 Å². The molecule has 4 aromatic rings. The molecule has 1 aliphatic heterocycles. The van der Waals surface area contributed by atoms with E-state index in [4.69, 9.17) is 10.5 Å². The number of fused-ring (bicyclic) bond motifs is 1. The fourth-order valence-electron chi connectivity index (χ4n) is 4.90. The SMILES string of the molecule is CCn1c(-c2ccc(-n3c(C)nn(C)c3=O)cc2)cc2c1C(C(=O)Nc1cccc(C(N)=O)c1)OCC2. The first-order valence-electron chi connectivity index (χ1n) is 12.1. The van der Waals surface area contributed by atoms with Gasteiger partial charge in [-0.3, -0.25) is 9.59 Å². The molecule has 0 saturated heterocycles. The number of carbonyl (C=O) groups is 2. The summed E-state index contributed by atoms with van der Waals surface area (Å²) < 4.78 is 10.9. The van der Waals surface area contributed by atoms with Crippen molar-refractivity contribution in [2.24, 2.45) is 12.8 Å². The minimum atomic E-state index is -0.800. The second-order valence-corrected chi connectivity index (χ2v) is 8.96. The van der Waals surface area contributed by atoms with E-state index in [1.165, 1.54) is 4.68 Å². The molecule has 37 heavy (non-hydrogen) atoms. The van der Waals surface area contributed by atoms with Gasteiger partial charge in [-0.15, -0.1) is 0 Å². The molecular weight excluding hydrogens is 472 g/mol. The van der Waals surface area contributed by atoms with Crippen molar-refractivity contribution in [2.75, 3.05) is 11.9 Å². The summed E-state index contributed by atoms with van der Waals surface area (Å²) in [5.74, 6) is -0.268. The minimum absolute atomic E-state index is 0.204. The molecule has 0 spiro atoms. The Morgan fingerprint density at radius 3 is 2.57 bits per heavy atom. The number of ether oxygens (including phenoxy) is 1. The summed E-state index contributed by atoms with van der Waals surface area (Å²) in [5.41, 5.74) is 10.5. The topological polar surface area (TPSA) is 126 Å². The number of nitrogens with zero attached hydrogens (tertiary/aromatic N) is 4. The van der Waals surface area contributed by atoms with E-state index in [-0.39, 0.29) is 11.6 Å². The molecule has 10 heteroatoms. The minimum Gasteiger partial charge on any atom is -0.366 e. The number of carbonyl (C=O) groups excluding carboxylic acids is 2. The van der Waals surface area contributed by atoms with Crippen LogP contribution in [0.1, 0.15) is 40.5 Å². The second kappa shape index (κ2) is 9.55. The van der Waals surface area contributed by atoms with Crippen LogP contribution in [-0.4, -0.2) is 37.3 Å². The summed E-state index contributed by atoms with van der Waals surface area (Å²) in [5, 5.41) is 7.06. The van der Waals surface area contributed by atoms with Crippen molar-refractivity contribution in [3.05, 3.63) is 87.7 Å². The van der Waals surface area contributed by atoms with Gasteiger partial charge in [-0.2, -0.15) is 5.10 Å². The van der Waals surface area contributed by atoms with Gasteiger partial charge in [-0.05, 0) is 67.8 Å². The normalized spacial score (nSPS) is 14.8. The third-order valence-corrected chi connectivity index (χ3v) is 6.60. The molecule has 1 unspecified atom stereocenters. The molecular formula is C27H28N6O4. The molecule has 0 aliphatic carbocycles. The molecule has 2 aromatic heterocycles. The van der Waals surface area contributed by atoms with Gasteiger partial charge in [-0.1, -0.05) is 18.2 Å². The molecule has 5 rings (SSSR count). The number of nitrogens with two attached hydrogens (primary N) is 1. The number of benzene rings is 2. The Hall–Kier alpha value is -4.44. The summed E-state index contributed by atoms with van der Waals surface area (Å²) in [6.07, 6.45) is -0.107. The van der Waals surface area contributed by atoms with Crippen LogP contribution in [0.5, 0.6) is 0 Å². The number of aryl methyl sites for hydroxylation is 2. The molecule has 190 valence electrons. The van der Waals surface area contributed by atoms with Crippen LogP contribution in [0.2, 0.25) is 0 Å². The summed E-state index contributed by atoms with van der Waals surface area (Å²) in [6.45, 7) is 4.87. The van der Waals surface area contributed by atoms with Crippen molar-refractivity contribution in [2.45, 2.75) is 32.9 Å². The van der Waals surface area contributed by atoms with Gasteiger partial charge in [0.15, 0.2) is 6.10 Å². The largest absolute Gasteiger partial charge is 0.366 e. The summed E-state index contributed by atoms with van der Waals surface area (Å²) in [7, 11) is 1.63. The lowest BCUT2D eigenvalue weighted by atomic mass is 10.0. The van der Waals surface area contributed by atoms with Crippen LogP contribution >= 0.6 is 0 Å². The van der Waals surface area contributed by atoms with Gasteiger partial charge < -0.3 is 20.4 Å². The Balaban J connectivity index is 1.47. The first kappa shape index (κ1) is 24.3. The highest BCUT2D eigenvalue weighted by atomic mass is 16.5. The highest BCUT2D eigenvalue weighted by Crippen LogP contribution is 2.35. The summed E-state index contributed by atoms with van der Waals surface area (Å²) >= 11 is 0. The van der Waals surface area contributed by atoms with Gasteiger partial charge in [0.1, 0.15) is 5.82 Å². The third-order valence-electron chi connectivity index (χ3n) is 6.60. The number of nitrogens with one attached hydrogen (secondary N) is 1. The van der Waals surface area contributed by atoms with E-state index >= 15 is 0 Å². The van der Waals surface area contributed by atoms with Crippen molar-refractivity contribution >= 4 is 17.5 Å². The number of anilines is 1. The first-order valence-corrected chi connectivity index (χ1v) is 12.1. The van der Waals surface area contributed by atoms with E-state index in [0.29, 0.717) is 36.6 Å². The maximum atomic E-state index is 13.3. The quantitative estimate of drug-likeness (QED) is 0.421. The molecule has 0 fully saturated rings. The Kier molecular flexibility index (Phi) is 6.26. The number of amides is 2. The van der Waals surface area contributed by atoms with Gasteiger partial charge in [0.05, 0.1) is 18.0 Å².